The highest BCUT2D eigenvalue weighted by molar-refractivity contribution is 8.76. The summed E-state index contributed by atoms with van der Waals surface area (Å²) in [6, 6.07) is 0.837. The normalized spacial score (nSPS) is 14.5. The molecule has 0 spiro atoms. The van der Waals surface area contributed by atoms with Crippen LogP contribution in [0.4, 0.5) is 0 Å². The van der Waals surface area contributed by atoms with Gasteiger partial charge in [-0.15, -0.1) is 0 Å². The summed E-state index contributed by atoms with van der Waals surface area (Å²) in [5.74, 6) is -7.86. The minimum Gasteiger partial charge on any atom is -0.508 e. The van der Waals surface area contributed by atoms with Gasteiger partial charge in [-0.2, -0.15) is 0 Å². The summed E-state index contributed by atoms with van der Waals surface area (Å²) >= 11 is 0. The van der Waals surface area contributed by atoms with E-state index in [4.69, 9.17) is 43.0 Å². The number of rotatable bonds is 69. The zero-order valence-electron chi connectivity index (χ0n) is 62.1. The van der Waals surface area contributed by atoms with Gasteiger partial charge in [0.25, 0.3) is 0 Å². The Kier molecular flexibility index (Phi) is 58.0. The molecule has 0 aliphatic carbocycles. The summed E-state index contributed by atoms with van der Waals surface area (Å²) < 4.78 is 43.2. The average molecular weight is 1580 g/mol. The van der Waals surface area contributed by atoms with Crippen molar-refractivity contribution >= 4 is 98.4 Å². The fourth-order valence-electron chi connectivity index (χ4n) is 10.2. The van der Waals surface area contributed by atoms with E-state index in [1.54, 1.807) is 12.1 Å². The molecule has 0 saturated carbocycles. The van der Waals surface area contributed by atoms with E-state index < -0.39 is 89.4 Å². The van der Waals surface area contributed by atoms with Gasteiger partial charge in [-0.05, 0) is 62.6 Å². The molecule has 0 aromatic heterocycles. The minimum atomic E-state index is -1.41. The molecule has 108 heavy (non-hydrogen) atoms. The molecule has 0 bridgehead atoms. The van der Waals surface area contributed by atoms with Crippen molar-refractivity contribution in [1.82, 2.24) is 47.9 Å². The van der Waals surface area contributed by atoms with Crippen molar-refractivity contribution in [1.29, 1.82) is 0 Å². The number of phenols is 1. The second kappa shape index (κ2) is 64.6. The van der Waals surface area contributed by atoms with Crippen molar-refractivity contribution in [2.45, 2.75) is 178 Å². The van der Waals surface area contributed by atoms with Crippen molar-refractivity contribution in [2.24, 2.45) is 0 Å². The molecule has 1 heterocycles. The number of carbonyl (C=O) groups is 13. The third kappa shape index (κ3) is 55.3. The molecule has 1 aromatic carbocycles. The van der Waals surface area contributed by atoms with E-state index in [-0.39, 0.29) is 206 Å². The third-order valence-corrected chi connectivity index (χ3v) is 18.6. The standard InChI is InChI=1S/C71H117N9O26S2/c81-53-21-19-52(20-22-53)43-56(59(82)44-76-57-50-107-108-51-58(71(97)98)77-45-60(57)83)80-67(90)49-106-39-35-99-31-16-15-27-72-64(87)46-103-40-37-101-33-29-74-66(89)48-105-42-38-102-34-30-75-65(88)47-104-41-36-100-32-28-73-61(84)25-23-54(69(93)94)79-63(86)26-24-55(70(95)96)78-62(85)17-13-11-9-7-5-3-1-2-4-6-8-10-12-14-18-68(91)92/h19-22,54-58,76-77,81H,1-18,23-51H2,(H,72,87)(H,73,84)(H,74,89)(H,75,88)(H,78,85)(H,79,86)(H,80,90)(H,91,92)(H,93,94)(H,95,96)(H,97,98)/t54-,55-,56-,57-,58-/m0/s1. The highest BCUT2D eigenvalue weighted by Crippen LogP contribution is 2.24. The molecule has 0 radical (unpaired) electrons. The van der Waals surface area contributed by atoms with Gasteiger partial charge in [-0.3, -0.25) is 63.4 Å². The molecular weight excluding hydrogens is 1460 g/mol. The zero-order valence-corrected chi connectivity index (χ0v) is 63.7. The number of phenolic OH excluding ortho intramolecular Hbond substituents is 1. The molecule has 37 heteroatoms. The minimum absolute atomic E-state index is 0.0369. The number of benzene rings is 1. The van der Waals surface area contributed by atoms with Crippen molar-refractivity contribution in [2.75, 3.05) is 156 Å². The number of nitrogens with one attached hydrogen (secondary N) is 9. The Morgan fingerprint density at radius 2 is 0.815 bits per heavy atom. The molecule has 614 valence electrons. The predicted octanol–water partition coefficient (Wildman–Crippen LogP) is 1.36. The quantitative estimate of drug-likeness (QED) is 0.0323. The predicted molar refractivity (Wildman–Crippen MR) is 397 cm³/mol. The highest BCUT2D eigenvalue weighted by atomic mass is 33.1. The average Bonchev–Trinajstić information content (AvgIpc) is 1.02. The maximum atomic E-state index is 13.4. The maximum Gasteiger partial charge on any atom is 0.326 e. The van der Waals surface area contributed by atoms with Crippen LogP contribution in [0.1, 0.15) is 147 Å². The number of unbranched alkanes of at least 4 members (excludes halogenated alkanes) is 14. The van der Waals surface area contributed by atoms with Crippen LogP contribution in [-0.2, 0) is 107 Å². The molecule has 1 saturated heterocycles. The molecule has 5 atom stereocenters. The van der Waals surface area contributed by atoms with Crippen molar-refractivity contribution in [3.05, 3.63) is 29.8 Å². The Morgan fingerprint density at radius 3 is 1.29 bits per heavy atom. The van der Waals surface area contributed by atoms with Gasteiger partial charge in [0.05, 0.1) is 97.8 Å². The first-order chi connectivity index (χ1) is 52.1. The lowest BCUT2D eigenvalue weighted by atomic mass is 10.0. The lowest BCUT2D eigenvalue weighted by molar-refractivity contribution is -0.143. The Balaban J connectivity index is 1.37. The Labute approximate surface area is 639 Å². The van der Waals surface area contributed by atoms with Crippen molar-refractivity contribution in [3.8, 4) is 5.75 Å². The second-order valence-corrected chi connectivity index (χ2v) is 27.9. The molecule has 1 aliphatic rings. The maximum absolute atomic E-state index is 13.4. The number of amides is 7. The van der Waals surface area contributed by atoms with Crippen LogP contribution < -0.4 is 47.9 Å². The van der Waals surface area contributed by atoms with Crippen molar-refractivity contribution in [3.63, 3.8) is 0 Å². The number of hydrogen-bond donors (Lipinski definition) is 14. The van der Waals surface area contributed by atoms with Gasteiger partial charge in [0.15, 0.2) is 11.6 Å². The number of hydrogen-bond acceptors (Lipinski definition) is 26. The Hall–Kier alpha value is -7.17. The smallest absolute Gasteiger partial charge is 0.326 e. The first-order valence-electron chi connectivity index (χ1n) is 37.1. The molecule has 0 unspecified atom stereocenters. The number of aliphatic carboxylic acids is 4. The van der Waals surface area contributed by atoms with Gasteiger partial charge in [0.1, 0.15) is 50.3 Å². The Bertz CT molecular complexity index is 2770. The molecule has 7 amide bonds. The molecule has 1 aromatic rings. The third-order valence-electron chi connectivity index (χ3n) is 16.2. The SMILES string of the molecule is O=C(O)CCCCCCCCCCCCCCCCC(=O)N[C@@H](CCC(=O)N[C@@H](CCC(=O)NCCOCCOCC(=O)NCCOCCOCC(=O)NCCOCCOCC(=O)NCCCCOCCOCC(=O)N[C@@H](Cc1ccc(O)cc1)C(=O)CN[C@H]1CSSC[C@@H](C(=O)O)NCC1=O)C(=O)O)C(=O)O. The molecular formula is C71H117N9O26S2. The number of carbonyl (C=O) groups excluding carboxylic acids is 9. The summed E-state index contributed by atoms with van der Waals surface area (Å²) in [6.45, 7) is 1.52. The topological polar surface area (TPSA) is 505 Å². The first kappa shape index (κ1) is 96.9. The van der Waals surface area contributed by atoms with Crippen LogP contribution in [0.15, 0.2) is 24.3 Å². The number of Topliss-reactive ketones (excluding diaryl/α,β-unsaturated/α-hetero) is 2. The molecule has 1 aliphatic heterocycles. The van der Waals surface area contributed by atoms with Gasteiger partial charge < -0.3 is 101 Å². The Morgan fingerprint density at radius 1 is 0.417 bits per heavy atom. The van der Waals surface area contributed by atoms with Crippen LogP contribution in [0, 0.1) is 0 Å². The number of carboxylic acids is 4. The van der Waals surface area contributed by atoms with Gasteiger partial charge in [-0.25, -0.2) is 9.59 Å². The van der Waals surface area contributed by atoms with Crippen LogP contribution in [0.5, 0.6) is 5.75 Å². The fraction of sp³-hybridized carbons (Fsp3) is 0.732. The zero-order chi connectivity index (χ0) is 79.0. The second-order valence-electron chi connectivity index (χ2n) is 25.3. The molecule has 14 N–H and O–H groups in total. The number of carboxylic acid groups (broad SMARTS) is 4. The van der Waals surface area contributed by atoms with Gasteiger partial charge in [0.2, 0.25) is 41.4 Å². The van der Waals surface area contributed by atoms with Crippen LogP contribution in [0.2, 0.25) is 0 Å². The van der Waals surface area contributed by atoms with E-state index in [9.17, 15) is 82.8 Å². The van der Waals surface area contributed by atoms with E-state index >= 15 is 0 Å². The van der Waals surface area contributed by atoms with Gasteiger partial charge >= 0.3 is 23.9 Å². The van der Waals surface area contributed by atoms with Gasteiger partial charge in [-0.1, -0.05) is 111 Å². The van der Waals surface area contributed by atoms with Crippen LogP contribution >= 0.6 is 21.6 Å². The molecule has 1 fully saturated rings. The number of ether oxygens (including phenoxy) is 8. The lowest BCUT2D eigenvalue weighted by Gasteiger charge is -2.21. The summed E-state index contributed by atoms with van der Waals surface area (Å²) in [4.78, 5) is 159. The van der Waals surface area contributed by atoms with Crippen LogP contribution in [-0.4, -0.2) is 289 Å². The van der Waals surface area contributed by atoms with E-state index in [0.717, 1.165) is 57.8 Å². The van der Waals surface area contributed by atoms with E-state index in [2.05, 4.69) is 47.9 Å². The summed E-state index contributed by atoms with van der Waals surface area (Å²) in [5, 5.41) is 70.8. The first-order valence-corrected chi connectivity index (χ1v) is 39.6. The lowest BCUT2D eigenvalue weighted by Crippen LogP contribution is -2.51. The summed E-state index contributed by atoms with van der Waals surface area (Å²) in [6.07, 6.45) is 15.0. The van der Waals surface area contributed by atoms with E-state index in [0.29, 0.717) is 43.7 Å². The monoisotopic (exact) mass is 1580 g/mol. The van der Waals surface area contributed by atoms with E-state index in [1.165, 1.54) is 59.4 Å². The van der Waals surface area contributed by atoms with Crippen LogP contribution in [0.25, 0.3) is 0 Å². The summed E-state index contributed by atoms with van der Waals surface area (Å²) in [7, 11) is 2.64. The van der Waals surface area contributed by atoms with E-state index in [1.807, 2.05) is 0 Å². The molecule has 35 nitrogen and oxygen atoms in total. The number of aromatic hydroxyl groups is 1. The highest BCUT2D eigenvalue weighted by Gasteiger charge is 2.29. The van der Waals surface area contributed by atoms with Crippen molar-refractivity contribution < 1.29 is 126 Å². The fourth-order valence-corrected chi connectivity index (χ4v) is 12.6. The van der Waals surface area contributed by atoms with Crippen LogP contribution in [0.3, 0.4) is 0 Å². The largest absolute Gasteiger partial charge is 0.508 e. The molecule has 2 rings (SSSR count). The van der Waals surface area contributed by atoms with Gasteiger partial charge in [0, 0.05) is 70.0 Å². The number of ketones is 2. The summed E-state index contributed by atoms with van der Waals surface area (Å²) in [5.41, 5.74) is 0.674.